The lowest BCUT2D eigenvalue weighted by Crippen LogP contribution is -2.61. The zero-order valence-corrected chi connectivity index (χ0v) is 56.5. The van der Waals surface area contributed by atoms with E-state index in [1.807, 2.05) is 69.2 Å². The highest BCUT2D eigenvalue weighted by Crippen LogP contribution is 2.43. The van der Waals surface area contributed by atoms with Gasteiger partial charge in [0.1, 0.15) is 38.1 Å². The summed E-state index contributed by atoms with van der Waals surface area (Å²) < 4.78 is 47.2. The number of carbonyl (C=O) groups excluding carboxylic acids is 6. The Hall–Kier alpha value is -3.98. The van der Waals surface area contributed by atoms with Crippen molar-refractivity contribution >= 4 is 35.8 Å². The van der Waals surface area contributed by atoms with E-state index in [1.54, 1.807) is 49.0 Å². The van der Waals surface area contributed by atoms with Crippen LogP contribution < -0.4 is 10.6 Å². The van der Waals surface area contributed by atoms with Gasteiger partial charge in [-0.3, -0.25) is 19.2 Å². The van der Waals surface area contributed by atoms with Gasteiger partial charge < -0.3 is 58.5 Å². The molecular formula is C64H117N3O16. The van der Waals surface area contributed by atoms with E-state index in [4.69, 9.17) is 33.2 Å². The number of nitrogens with one attached hydrogen (secondary N) is 2. The number of esters is 6. The molecule has 3 saturated heterocycles. The molecule has 0 aromatic carbocycles. The number of rotatable bonds is 24. The largest absolute Gasteiger partial charge is 0.463 e. The average Bonchev–Trinajstić information content (AvgIpc) is 3.39. The van der Waals surface area contributed by atoms with Gasteiger partial charge in [0.2, 0.25) is 0 Å². The first-order valence-corrected chi connectivity index (χ1v) is 29.6. The molecule has 2 atom stereocenters. The second-order valence-electron chi connectivity index (χ2n) is 28.9. The van der Waals surface area contributed by atoms with Crippen LogP contribution in [0.25, 0.3) is 0 Å². The zero-order chi connectivity index (χ0) is 65.0. The second-order valence-corrected chi connectivity index (χ2v) is 28.9. The van der Waals surface area contributed by atoms with Crippen LogP contribution in [0.15, 0.2) is 24.3 Å². The van der Waals surface area contributed by atoms with Crippen molar-refractivity contribution < 1.29 is 76.6 Å². The first-order valence-electron chi connectivity index (χ1n) is 29.6. The fourth-order valence-electron chi connectivity index (χ4n) is 11.7. The molecule has 0 saturated carbocycles. The van der Waals surface area contributed by atoms with Crippen molar-refractivity contribution in [2.45, 2.75) is 268 Å². The molecule has 2 unspecified atom stereocenters. The summed E-state index contributed by atoms with van der Waals surface area (Å²) in [5, 5.41) is 19.0. The van der Waals surface area contributed by atoms with E-state index in [0.717, 1.165) is 25.7 Å². The van der Waals surface area contributed by atoms with Gasteiger partial charge in [0.15, 0.2) is 0 Å². The van der Waals surface area contributed by atoms with Crippen LogP contribution >= 0.6 is 0 Å². The van der Waals surface area contributed by atoms with Gasteiger partial charge in [0.25, 0.3) is 0 Å². The lowest BCUT2D eigenvalue weighted by atomic mass is 9.72. The van der Waals surface area contributed by atoms with Crippen LogP contribution in [0.4, 0.5) is 0 Å². The van der Waals surface area contributed by atoms with Crippen LogP contribution in [0, 0.1) is 21.7 Å². The molecule has 0 amide bonds. The molecule has 3 N–H and O–H groups in total. The highest BCUT2D eigenvalue weighted by molar-refractivity contribution is 5.87. The minimum absolute atomic E-state index is 0.00176. The maximum absolute atomic E-state index is 13.2. The van der Waals surface area contributed by atoms with E-state index in [0.29, 0.717) is 76.1 Å². The van der Waals surface area contributed by atoms with E-state index in [9.17, 15) is 34.0 Å². The maximum Gasteiger partial charge on any atom is 0.333 e. The lowest BCUT2D eigenvalue weighted by Gasteiger charge is -2.51. The highest BCUT2D eigenvalue weighted by atomic mass is 16.6. The summed E-state index contributed by atoms with van der Waals surface area (Å²) in [6.45, 7) is 51.8. The minimum Gasteiger partial charge on any atom is -0.463 e. The van der Waals surface area contributed by atoms with Crippen molar-refractivity contribution in [1.82, 2.24) is 15.7 Å². The van der Waals surface area contributed by atoms with Crippen LogP contribution in [0.2, 0.25) is 0 Å². The first kappa shape index (κ1) is 79.0. The van der Waals surface area contributed by atoms with Crippen LogP contribution in [0.5, 0.6) is 0 Å². The van der Waals surface area contributed by atoms with Gasteiger partial charge in [0, 0.05) is 104 Å². The van der Waals surface area contributed by atoms with Crippen LogP contribution in [0.1, 0.15) is 217 Å². The topological polar surface area (TPSA) is 233 Å². The van der Waals surface area contributed by atoms with Gasteiger partial charge >= 0.3 is 35.8 Å². The van der Waals surface area contributed by atoms with Gasteiger partial charge in [-0.25, -0.2) is 9.59 Å². The number of nitrogens with zero attached hydrogens (tertiary/aromatic N) is 1. The fourth-order valence-corrected chi connectivity index (χ4v) is 11.7. The van der Waals surface area contributed by atoms with E-state index in [1.165, 1.54) is 5.06 Å². The van der Waals surface area contributed by atoms with Gasteiger partial charge in [-0.15, -0.1) is 0 Å². The summed E-state index contributed by atoms with van der Waals surface area (Å²) in [6.07, 6.45) is 5.70. The summed E-state index contributed by atoms with van der Waals surface area (Å²) in [5.41, 5.74) is -3.49. The van der Waals surface area contributed by atoms with Crippen molar-refractivity contribution in [3.63, 3.8) is 0 Å². The number of hydrogen-bond donors (Lipinski definition) is 3. The maximum atomic E-state index is 13.2. The fraction of sp³-hybridized carbons (Fsp3) is 0.844. The Balaban J connectivity index is 0.00000115. The van der Waals surface area contributed by atoms with Crippen LogP contribution in [-0.4, -0.2) is 159 Å². The van der Waals surface area contributed by atoms with Crippen molar-refractivity contribution in [3.8, 4) is 0 Å². The minimum atomic E-state index is -0.829. The molecule has 3 rings (SSSR count). The molecular weight excluding hydrogens is 1070 g/mol. The molecule has 0 radical (unpaired) electrons. The second kappa shape index (κ2) is 32.7. The Labute approximate surface area is 501 Å². The molecule has 3 aliphatic rings. The Kier molecular flexibility index (Phi) is 31.1. The number of piperidine rings is 3. The highest BCUT2D eigenvalue weighted by Gasteiger charge is 2.50. The molecule has 3 aliphatic heterocycles. The third kappa shape index (κ3) is 27.9. The van der Waals surface area contributed by atoms with Gasteiger partial charge in [0.05, 0.1) is 41.5 Å². The molecule has 0 spiro atoms. The first-order chi connectivity index (χ1) is 37.6. The average molecular weight is 1180 g/mol. The Morgan fingerprint density at radius 2 is 0.735 bits per heavy atom. The molecule has 0 aliphatic carbocycles. The molecule has 0 aromatic heterocycles. The van der Waals surface area contributed by atoms with Gasteiger partial charge in [-0.2, -0.15) is 5.06 Å². The monoisotopic (exact) mass is 1180 g/mol. The SMILES string of the molecule is C=C(C)C(=O)OC1CC(C)(C)NC(C)(C)C1.C=C(C)C(=O)OCCOC.CCC(C)(CC(C)(C)C(=O)OCCOC)C(=O)OC1CC(C)(C)N(O)C(C)(C)C1.CCC(C)(CC(C)(C)C(=O)OCCOC)C(=O)OC1CC(C)(C)NC(C)(C)C1. The van der Waals surface area contributed by atoms with Crippen molar-refractivity contribution in [1.29, 1.82) is 0 Å². The number of hydrogen-bond acceptors (Lipinski definition) is 19. The number of ether oxygens (including phenoxy) is 9. The molecule has 0 aromatic rings. The van der Waals surface area contributed by atoms with Crippen molar-refractivity contribution in [2.75, 3.05) is 61.0 Å². The summed E-state index contributed by atoms with van der Waals surface area (Å²) in [6, 6.07) is 0. The summed E-state index contributed by atoms with van der Waals surface area (Å²) in [4.78, 5) is 73.4. The predicted molar refractivity (Wildman–Crippen MR) is 323 cm³/mol. The third-order valence-electron chi connectivity index (χ3n) is 15.3. The standard InChI is InChI=1S/C22H41NO6.C22H41NO5.C13H23NO2.C7H12O3/c1-10-22(8,15-19(2,3)17(24)28-12-11-27-9)18(25)29-16-13-20(4,5)23(26)21(6,7)14-16;1-10-22(8,15-19(2,3)17(24)27-12-11-26-9)18(25)28-16-13-20(4,5)23-21(6,7)14-16;1-9(2)11(15)16-10-7-12(3,4)14-13(5,6)8-10;1-6(2)7(8)10-5-4-9-3/h16,26H,10-15H2,1-9H3;16,23H,10-15H2,1-9H3;10,14H,1,7-8H2,2-6H3;1,4-5H2,2-3H3. The van der Waals surface area contributed by atoms with Crippen LogP contribution in [0.3, 0.4) is 0 Å². The number of methoxy groups -OCH3 is 3. The number of hydroxylamine groups is 2. The van der Waals surface area contributed by atoms with Gasteiger partial charge in [-0.1, -0.05) is 27.0 Å². The molecule has 19 nitrogen and oxygen atoms in total. The van der Waals surface area contributed by atoms with E-state index in [-0.39, 0.29) is 89.5 Å². The Morgan fingerprint density at radius 1 is 0.458 bits per heavy atom. The van der Waals surface area contributed by atoms with Gasteiger partial charge in [-0.05, 0) is 164 Å². The van der Waals surface area contributed by atoms with E-state index < -0.39 is 32.7 Å². The summed E-state index contributed by atoms with van der Waals surface area (Å²) >= 11 is 0. The summed E-state index contributed by atoms with van der Waals surface area (Å²) in [5.74, 6) is -1.85. The Morgan fingerprint density at radius 3 is 1.01 bits per heavy atom. The zero-order valence-electron chi connectivity index (χ0n) is 56.5. The molecule has 83 heavy (non-hydrogen) atoms. The van der Waals surface area contributed by atoms with E-state index in [2.05, 4.69) is 88.7 Å². The van der Waals surface area contributed by atoms with Crippen molar-refractivity contribution in [3.05, 3.63) is 24.3 Å². The molecule has 19 heteroatoms. The quantitative estimate of drug-likeness (QED) is 0.0353. The lowest BCUT2D eigenvalue weighted by molar-refractivity contribution is -0.260. The Bertz CT molecular complexity index is 2080. The smallest absolute Gasteiger partial charge is 0.333 e. The van der Waals surface area contributed by atoms with Crippen LogP contribution in [-0.2, 0) is 71.4 Å². The predicted octanol–water partition coefficient (Wildman–Crippen LogP) is 11.0. The molecule has 3 fully saturated rings. The normalized spacial score (nSPS) is 20.7. The molecule has 0 bridgehead atoms. The van der Waals surface area contributed by atoms with Crippen molar-refractivity contribution in [2.24, 2.45) is 21.7 Å². The third-order valence-corrected chi connectivity index (χ3v) is 15.3. The number of carbonyl (C=O) groups is 6. The summed E-state index contributed by atoms with van der Waals surface area (Å²) in [7, 11) is 4.66. The molecule has 3 heterocycles. The molecule has 484 valence electrons. The van der Waals surface area contributed by atoms with E-state index >= 15 is 0 Å².